The summed E-state index contributed by atoms with van der Waals surface area (Å²) >= 11 is 9.27. The van der Waals surface area contributed by atoms with Crippen molar-refractivity contribution in [1.82, 2.24) is 5.43 Å². The number of hydrazine groups is 1. The van der Waals surface area contributed by atoms with E-state index in [2.05, 4.69) is 35.7 Å². The summed E-state index contributed by atoms with van der Waals surface area (Å²) in [6.07, 6.45) is 0. The van der Waals surface area contributed by atoms with Crippen molar-refractivity contribution >= 4 is 34.9 Å². The smallest absolute Gasteiger partial charge is 0.0539 e. The first-order chi connectivity index (χ1) is 5.29. The number of rotatable bonds is 2. The molecule has 0 aliphatic rings. The second-order valence-electron chi connectivity index (χ2n) is 1.90. The second kappa shape index (κ2) is 4.10. The minimum Gasteiger partial charge on any atom is -0.410 e. The van der Waals surface area contributed by atoms with E-state index in [1.165, 1.54) is 0 Å². The molecule has 11 heavy (non-hydrogen) atoms. The average Bonchev–Trinajstić information content (AvgIpc) is 2.03. The molecule has 4 heteroatoms. The number of thiocarbonyl (C=S) groups is 1. The monoisotopic (exact) mass is 183 g/mol. The van der Waals surface area contributed by atoms with E-state index in [0.717, 1.165) is 5.69 Å². The Morgan fingerprint density at radius 1 is 1.27 bits per heavy atom. The summed E-state index contributed by atoms with van der Waals surface area (Å²) in [5.41, 5.74) is 6.45. The molecule has 0 fully saturated rings. The van der Waals surface area contributed by atoms with Crippen LogP contribution in [-0.4, -0.2) is 4.32 Å². The van der Waals surface area contributed by atoms with E-state index in [4.69, 9.17) is 0 Å². The Balaban J connectivity index is 2.45. The molecule has 0 amide bonds. The van der Waals surface area contributed by atoms with E-state index >= 15 is 0 Å². The van der Waals surface area contributed by atoms with Crippen molar-refractivity contribution in [3.05, 3.63) is 30.3 Å². The van der Waals surface area contributed by atoms with Crippen molar-refractivity contribution in [1.29, 1.82) is 0 Å². The highest BCUT2D eigenvalue weighted by molar-refractivity contribution is 8.00. The van der Waals surface area contributed by atoms with Gasteiger partial charge in [-0.2, -0.15) is 0 Å². The van der Waals surface area contributed by atoms with Crippen LogP contribution in [0.3, 0.4) is 0 Å². The third kappa shape index (κ3) is 3.15. The van der Waals surface area contributed by atoms with Gasteiger partial charge in [0.15, 0.2) is 0 Å². The van der Waals surface area contributed by atoms with Crippen molar-refractivity contribution < 1.29 is 0 Å². The van der Waals surface area contributed by atoms with Crippen molar-refractivity contribution in [2.24, 2.45) is 0 Å². The van der Waals surface area contributed by atoms with E-state index in [1.807, 2.05) is 30.3 Å². The number of hydrogen-bond donors (Lipinski definition) is 2. The first-order valence-electron chi connectivity index (χ1n) is 3.07. The lowest BCUT2D eigenvalue weighted by Crippen LogP contribution is -2.25. The van der Waals surface area contributed by atoms with Gasteiger partial charge in [-0.3, -0.25) is 0 Å². The van der Waals surface area contributed by atoms with E-state index < -0.39 is 0 Å². The third-order valence-corrected chi connectivity index (χ3v) is 1.29. The number of para-hydroxylation sites is 1. The van der Waals surface area contributed by atoms with Gasteiger partial charge in [0.2, 0.25) is 0 Å². The Morgan fingerprint density at radius 2 is 1.91 bits per heavy atom. The van der Waals surface area contributed by atoms with Gasteiger partial charge in [0.05, 0.1) is 5.69 Å². The number of nitrogens with one attached hydrogen (secondary N) is 2. The predicted molar refractivity (Wildman–Crippen MR) is 53.2 cm³/mol. The summed E-state index contributed by atoms with van der Waals surface area (Å²) < 4.78 is 0.314. The minimum absolute atomic E-state index is 0.314. The molecule has 58 valence electrons. The summed E-state index contributed by atoms with van der Waals surface area (Å²) in [7, 11) is 0. The van der Waals surface area contributed by atoms with Gasteiger partial charge < -0.3 is 35.7 Å². The van der Waals surface area contributed by atoms with Crippen LogP contribution in [0.1, 0.15) is 0 Å². The molecule has 0 bridgehead atoms. The molecule has 2 N–H and O–H groups in total. The fourth-order valence-electron chi connectivity index (χ4n) is 0.645. The second-order valence-corrected chi connectivity index (χ2v) is 2.98. The highest BCUT2D eigenvalue weighted by atomic mass is 32.1. The third-order valence-electron chi connectivity index (χ3n) is 1.08. The minimum atomic E-state index is 0.314. The van der Waals surface area contributed by atoms with Crippen molar-refractivity contribution in [2.45, 2.75) is 0 Å². The zero-order chi connectivity index (χ0) is 8.10. The molecule has 0 aliphatic carbocycles. The number of hydrogen-bond acceptors (Lipinski definition) is 3. The molecule has 1 aromatic rings. The molecule has 0 spiro atoms. The van der Waals surface area contributed by atoms with Crippen LogP contribution in [0.25, 0.3) is 0 Å². The Hall–Kier alpha value is -0.870. The van der Waals surface area contributed by atoms with Crippen molar-refractivity contribution in [2.75, 3.05) is 5.43 Å². The molecule has 0 atom stereocenters. The molecule has 0 saturated heterocycles. The number of anilines is 1. The highest BCUT2D eigenvalue weighted by Gasteiger charge is 1.83. The fourth-order valence-corrected chi connectivity index (χ4v) is 0.747. The summed E-state index contributed by atoms with van der Waals surface area (Å²) in [5, 5.41) is 0. The number of benzene rings is 1. The van der Waals surface area contributed by atoms with Crippen LogP contribution >= 0.6 is 12.2 Å². The highest BCUT2D eigenvalue weighted by Crippen LogP contribution is 2.01. The molecule has 0 aliphatic heterocycles. The Morgan fingerprint density at radius 3 is 2.45 bits per heavy atom. The van der Waals surface area contributed by atoms with Gasteiger partial charge in [-0.05, 0) is 16.5 Å². The quantitative estimate of drug-likeness (QED) is 0.411. The lowest BCUT2D eigenvalue weighted by atomic mass is 10.3. The Labute approximate surface area is 76.4 Å². The van der Waals surface area contributed by atoms with Crippen molar-refractivity contribution in [3.8, 4) is 0 Å². The lowest BCUT2D eigenvalue weighted by molar-refractivity contribution is 1.17. The zero-order valence-corrected chi connectivity index (χ0v) is 7.34. The van der Waals surface area contributed by atoms with Crippen LogP contribution in [0.15, 0.2) is 30.3 Å². The molecular weight excluding hydrogens is 176 g/mol. The maximum atomic E-state index is 4.64. The van der Waals surface area contributed by atoms with E-state index in [-0.39, 0.29) is 0 Å². The molecule has 0 saturated carbocycles. The molecule has 1 rings (SSSR count). The SMILES string of the molecule is S=C([S-])NNc1ccccc1. The Bertz CT molecular complexity index is 235. The van der Waals surface area contributed by atoms with Gasteiger partial charge in [0.25, 0.3) is 0 Å². The van der Waals surface area contributed by atoms with Gasteiger partial charge in [-0.15, -0.1) is 0 Å². The largest absolute Gasteiger partial charge is 0.410 e. The normalized spacial score (nSPS) is 8.73. The zero-order valence-electron chi connectivity index (χ0n) is 5.70. The molecule has 0 radical (unpaired) electrons. The van der Waals surface area contributed by atoms with Crippen LogP contribution in [0.2, 0.25) is 0 Å². The van der Waals surface area contributed by atoms with Crippen LogP contribution in [0.4, 0.5) is 5.69 Å². The van der Waals surface area contributed by atoms with E-state index in [0.29, 0.717) is 4.32 Å². The molecule has 0 aromatic heterocycles. The van der Waals surface area contributed by atoms with Crippen LogP contribution < -0.4 is 10.9 Å². The molecule has 0 heterocycles. The first-order valence-corrected chi connectivity index (χ1v) is 3.89. The van der Waals surface area contributed by atoms with Gasteiger partial charge >= 0.3 is 0 Å². The molecule has 2 nitrogen and oxygen atoms in total. The summed E-state index contributed by atoms with van der Waals surface area (Å²) in [6.45, 7) is 0. The lowest BCUT2D eigenvalue weighted by Gasteiger charge is -2.11. The van der Waals surface area contributed by atoms with Gasteiger partial charge in [-0.1, -0.05) is 18.2 Å². The van der Waals surface area contributed by atoms with Gasteiger partial charge in [0.1, 0.15) is 0 Å². The van der Waals surface area contributed by atoms with Crippen LogP contribution in [0.5, 0.6) is 0 Å². The van der Waals surface area contributed by atoms with Gasteiger partial charge in [-0.25, -0.2) is 0 Å². The first kappa shape index (κ1) is 8.23. The van der Waals surface area contributed by atoms with Gasteiger partial charge in [0, 0.05) is 0 Å². The molecule has 0 unspecified atom stereocenters. The van der Waals surface area contributed by atoms with E-state index in [9.17, 15) is 0 Å². The van der Waals surface area contributed by atoms with E-state index in [1.54, 1.807) is 0 Å². The predicted octanol–water partition coefficient (Wildman–Crippen LogP) is 1.43. The summed E-state index contributed by atoms with van der Waals surface area (Å²) in [4.78, 5) is 0. The van der Waals surface area contributed by atoms with Crippen molar-refractivity contribution in [3.63, 3.8) is 0 Å². The van der Waals surface area contributed by atoms with Crippen LogP contribution in [-0.2, 0) is 12.6 Å². The fraction of sp³-hybridized carbons (Fsp3) is 0. The maximum absolute atomic E-state index is 4.64. The molecular formula is C7H7N2S2-. The average molecular weight is 183 g/mol. The maximum Gasteiger partial charge on any atom is 0.0539 e. The topological polar surface area (TPSA) is 24.1 Å². The summed E-state index contributed by atoms with van der Waals surface area (Å²) in [6, 6.07) is 9.63. The Kier molecular flexibility index (Phi) is 3.07. The van der Waals surface area contributed by atoms with Crippen LogP contribution in [0, 0.1) is 0 Å². The molecule has 1 aromatic carbocycles. The standard InChI is InChI=1S/C7H8N2S2/c10-7(11)9-8-6-4-2-1-3-5-6/h1-5,8H,(H2,9,10,11)/p-1. The summed E-state index contributed by atoms with van der Waals surface area (Å²) in [5.74, 6) is 0.